The van der Waals surface area contributed by atoms with Crippen LogP contribution in [0.2, 0.25) is 0 Å². The van der Waals surface area contributed by atoms with E-state index in [9.17, 15) is 4.79 Å². The number of aryl methyl sites for hydroxylation is 1. The van der Waals surface area contributed by atoms with Crippen LogP contribution in [0.1, 0.15) is 23.7 Å². The topological polar surface area (TPSA) is 38.1 Å². The molecule has 0 aliphatic carbocycles. The highest BCUT2D eigenvalue weighted by Crippen LogP contribution is 2.24. The van der Waals surface area contributed by atoms with Crippen molar-refractivity contribution in [1.82, 2.24) is 14.7 Å². The Morgan fingerprint density at radius 1 is 1.62 bits per heavy atom. The van der Waals surface area contributed by atoms with Crippen LogP contribution in [0.5, 0.6) is 0 Å². The van der Waals surface area contributed by atoms with Gasteiger partial charge in [-0.2, -0.15) is 5.10 Å². The standard InChI is InChI=1S/C11H16BrN3O/c1-8-6-15(4-3-10(8)12)11(16)9-5-13-14(2)7-9/h5,7-8,10H,3-4,6H2,1-2H3. The van der Waals surface area contributed by atoms with Gasteiger partial charge in [0.25, 0.3) is 5.91 Å². The average molecular weight is 286 g/mol. The molecule has 1 aliphatic heterocycles. The Morgan fingerprint density at radius 3 is 2.94 bits per heavy atom. The third-order valence-corrected chi connectivity index (χ3v) is 4.40. The second-order valence-corrected chi connectivity index (χ2v) is 5.61. The van der Waals surface area contributed by atoms with E-state index >= 15 is 0 Å². The van der Waals surface area contributed by atoms with Crippen LogP contribution >= 0.6 is 15.9 Å². The monoisotopic (exact) mass is 285 g/mol. The maximum atomic E-state index is 12.1. The van der Waals surface area contributed by atoms with E-state index in [1.54, 1.807) is 17.1 Å². The lowest BCUT2D eigenvalue weighted by Gasteiger charge is -2.34. The highest BCUT2D eigenvalue weighted by atomic mass is 79.9. The van der Waals surface area contributed by atoms with E-state index in [0.717, 1.165) is 19.5 Å². The number of hydrogen-bond acceptors (Lipinski definition) is 2. The molecule has 0 spiro atoms. The molecule has 88 valence electrons. The minimum absolute atomic E-state index is 0.0966. The minimum atomic E-state index is 0.0966. The first-order chi connectivity index (χ1) is 7.58. The van der Waals surface area contributed by atoms with Gasteiger partial charge in [-0.05, 0) is 12.3 Å². The number of aromatic nitrogens is 2. The first-order valence-corrected chi connectivity index (χ1v) is 6.41. The Morgan fingerprint density at radius 2 is 2.38 bits per heavy atom. The first-order valence-electron chi connectivity index (χ1n) is 5.50. The van der Waals surface area contributed by atoms with Gasteiger partial charge in [-0.15, -0.1) is 0 Å². The van der Waals surface area contributed by atoms with Crippen LogP contribution in [0.25, 0.3) is 0 Å². The van der Waals surface area contributed by atoms with Gasteiger partial charge in [0.05, 0.1) is 11.8 Å². The van der Waals surface area contributed by atoms with E-state index in [-0.39, 0.29) is 5.91 Å². The quantitative estimate of drug-likeness (QED) is 0.736. The molecule has 0 aromatic carbocycles. The molecule has 0 saturated carbocycles. The molecule has 1 fully saturated rings. The van der Waals surface area contributed by atoms with Crippen LogP contribution in [0, 0.1) is 5.92 Å². The summed E-state index contributed by atoms with van der Waals surface area (Å²) in [6.07, 6.45) is 4.42. The first kappa shape index (κ1) is 11.6. The number of carbonyl (C=O) groups excluding carboxylic acids is 1. The zero-order chi connectivity index (χ0) is 11.7. The molecule has 16 heavy (non-hydrogen) atoms. The summed E-state index contributed by atoms with van der Waals surface area (Å²) in [6, 6.07) is 0. The number of alkyl halides is 1. The van der Waals surface area contributed by atoms with Crippen molar-refractivity contribution in [1.29, 1.82) is 0 Å². The van der Waals surface area contributed by atoms with Gasteiger partial charge in [0.1, 0.15) is 0 Å². The van der Waals surface area contributed by atoms with Crippen molar-refractivity contribution in [3.05, 3.63) is 18.0 Å². The van der Waals surface area contributed by atoms with Crippen LogP contribution in [-0.4, -0.2) is 38.5 Å². The van der Waals surface area contributed by atoms with Crippen molar-refractivity contribution >= 4 is 21.8 Å². The van der Waals surface area contributed by atoms with Crippen molar-refractivity contribution in [2.75, 3.05) is 13.1 Å². The normalized spacial score (nSPS) is 25.8. The number of halogens is 1. The van der Waals surface area contributed by atoms with Crippen LogP contribution in [0.3, 0.4) is 0 Å². The van der Waals surface area contributed by atoms with Gasteiger partial charge in [0.15, 0.2) is 0 Å². The Kier molecular flexibility index (Phi) is 3.33. The molecule has 1 aromatic rings. The molecule has 5 heteroatoms. The lowest BCUT2D eigenvalue weighted by atomic mass is 9.99. The van der Waals surface area contributed by atoms with Crippen molar-refractivity contribution < 1.29 is 4.79 Å². The number of nitrogens with zero attached hydrogens (tertiary/aromatic N) is 3. The van der Waals surface area contributed by atoms with Crippen LogP contribution in [0.15, 0.2) is 12.4 Å². The molecule has 0 N–H and O–H groups in total. The van der Waals surface area contributed by atoms with Crippen molar-refractivity contribution in [3.63, 3.8) is 0 Å². The van der Waals surface area contributed by atoms with E-state index in [0.29, 0.717) is 16.3 Å². The average Bonchev–Trinajstić information content (AvgIpc) is 2.68. The van der Waals surface area contributed by atoms with E-state index in [1.165, 1.54) is 0 Å². The lowest BCUT2D eigenvalue weighted by molar-refractivity contribution is 0.0690. The second kappa shape index (κ2) is 4.57. The Bertz CT molecular complexity index is 390. The molecule has 0 radical (unpaired) electrons. The van der Waals surface area contributed by atoms with Crippen molar-refractivity contribution in [2.24, 2.45) is 13.0 Å². The molecule has 2 atom stereocenters. The summed E-state index contributed by atoms with van der Waals surface area (Å²) >= 11 is 3.64. The molecule has 2 heterocycles. The number of piperidine rings is 1. The predicted octanol–water partition coefficient (Wildman–Crippen LogP) is 1.67. The highest BCUT2D eigenvalue weighted by molar-refractivity contribution is 9.09. The third-order valence-electron chi connectivity index (χ3n) is 3.04. The number of amides is 1. The predicted molar refractivity (Wildman–Crippen MR) is 65.6 cm³/mol. The van der Waals surface area contributed by atoms with Gasteiger partial charge in [-0.3, -0.25) is 9.48 Å². The summed E-state index contributed by atoms with van der Waals surface area (Å²) in [5.74, 6) is 0.605. The largest absolute Gasteiger partial charge is 0.338 e. The summed E-state index contributed by atoms with van der Waals surface area (Å²) in [5, 5.41) is 4.03. The lowest BCUT2D eigenvalue weighted by Crippen LogP contribution is -2.43. The van der Waals surface area contributed by atoms with E-state index in [2.05, 4.69) is 28.0 Å². The molecular weight excluding hydrogens is 270 g/mol. The SMILES string of the molecule is CC1CN(C(=O)c2cnn(C)c2)CCC1Br. The van der Waals surface area contributed by atoms with Crippen LogP contribution in [-0.2, 0) is 7.05 Å². The fourth-order valence-corrected chi connectivity index (χ4v) is 2.39. The number of carbonyl (C=O) groups is 1. The van der Waals surface area contributed by atoms with E-state index in [4.69, 9.17) is 0 Å². The van der Waals surface area contributed by atoms with Crippen LogP contribution in [0.4, 0.5) is 0 Å². The summed E-state index contributed by atoms with van der Waals surface area (Å²) in [4.78, 5) is 14.6. The van der Waals surface area contributed by atoms with Crippen molar-refractivity contribution in [3.8, 4) is 0 Å². The number of rotatable bonds is 1. The second-order valence-electron chi connectivity index (χ2n) is 4.44. The van der Waals surface area contributed by atoms with E-state index in [1.807, 2.05) is 11.9 Å². The van der Waals surface area contributed by atoms with Gasteiger partial charge in [-0.1, -0.05) is 22.9 Å². The zero-order valence-corrected chi connectivity index (χ0v) is 11.1. The van der Waals surface area contributed by atoms with Crippen molar-refractivity contribution in [2.45, 2.75) is 18.2 Å². The van der Waals surface area contributed by atoms with Crippen LogP contribution < -0.4 is 0 Å². The summed E-state index contributed by atoms with van der Waals surface area (Å²) in [6.45, 7) is 3.82. The smallest absolute Gasteiger partial charge is 0.257 e. The van der Waals surface area contributed by atoms with Gasteiger partial charge in [-0.25, -0.2) is 0 Å². The summed E-state index contributed by atoms with van der Waals surface area (Å²) in [5.41, 5.74) is 0.683. The molecule has 2 unspecified atom stereocenters. The Labute approximate surface area is 104 Å². The molecule has 1 aromatic heterocycles. The third kappa shape index (κ3) is 2.29. The molecule has 1 aliphatic rings. The summed E-state index contributed by atoms with van der Waals surface area (Å²) < 4.78 is 1.66. The molecule has 4 nitrogen and oxygen atoms in total. The highest BCUT2D eigenvalue weighted by Gasteiger charge is 2.27. The molecule has 0 bridgehead atoms. The molecule has 1 amide bonds. The fraction of sp³-hybridized carbons (Fsp3) is 0.636. The maximum Gasteiger partial charge on any atom is 0.257 e. The minimum Gasteiger partial charge on any atom is -0.338 e. The molecule has 1 saturated heterocycles. The summed E-state index contributed by atoms with van der Waals surface area (Å²) in [7, 11) is 1.82. The zero-order valence-electron chi connectivity index (χ0n) is 9.56. The Hall–Kier alpha value is -0.840. The number of hydrogen-bond donors (Lipinski definition) is 0. The molecule has 2 rings (SSSR count). The fourth-order valence-electron chi connectivity index (χ4n) is 2.02. The molecular formula is C11H16BrN3O. The Balaban J connectivity index is 2.06. The van der Waals surface area contributed by atoms with E-state index < -0.39 is 0 Å². The van der Waals surface area contributed by atoms with Gasteiger partial charge >= 0.3 is 0 Å². The van der Waals surface area contributed by atoms with Gasteiger partial charge in [0, 0.05) is 31.2 Å². The number of likely N-dealkylation sites (tertiary alicyclic amines) is 1. The maximum absolute atomic E-state index is 12.1. The van der Waals surface area contributed by atoms with Gasteiger partial charge in [0.2, 0.25) is 0 Å². The van der Waals surface area contributed by atoms with Gasteiger partial charge < -0.3 is 4.90 Å².